The van der Waals surface area contributed by atoms with E-state index in [0.717, 1.165) is 49.7 Å². The van der Waals surface area contributed by atoms with E-state index in [9.17, 15) is 4.79 Å². The molecule has 0 spiro atoms. The number of morpholine rings is 1. The van der Waals surface area contributed by atoms with Gasteiger partial charge < -0.3 is 10.1 Å². The molecule has 0 aromatic heterocycles. The average molecular weight is 409 g/mol. The Hall–Kier alpha value is -2.70. The first kappa shape index (κ1) is 22.0. The second-order valence-corrected chi connectivity index (χ2v) is 7.81. The third-order valence-corrected chi connectivity index (χ3v) is 5.65. The quantitative estimate of drug-likeness (QED) is 0.587. The van der Waals surface area contributed by atoms with Crippen molar-refractivity contribution in [2.24, 2.45) is 4.99 Å². The van der Waals surface area contributed by atoms with E-state index in [1.54, 1.807) is 0 Å². The van der Waals surface area contributed by atoms with Crippen molar-refractivity contribution in [1.82, 2.24) is 10.2 Å². The van der Waals surface area contributed by atoms with E-state index in [4.69, 9.17) is 4.74 Å². The summed E-state index contributed by atoms with van der Waals surface area (Å²) in [6.45, 7) is 13.0. The van der Waals surface area contributed by atoms with Crippen molar-refractivity contribution in [2.75, 3.05) is 44.7 Å². The Labute approximate surface area is 179 Å². The van der Waals surface area contributed by atoms with Crippen LogP contribution in [0.1, 0.15) is 32.6 Å². The Morgan fingerprint density at radius 2 is 1.80 bits per heavy atom. The molecule has 1 amide bonds. The summed E-state index contributed by atoms with van der Waals surface area (Å²) >= 11 is 0. The number of aryl methyl sites for hydroxylation is 3. The van der Waals surface area contributed by atoms with Crippen LogP contribution in [-0.4, -0.2) is 56.2 Å². The summed E-state index contributed by atoms with van der Waals surface area (Å²) in [6.07, 6.45) is 0. The molecule has 160 valence electrons. The molecule has 2 aromatic carbocycles. The lowest BCUT2D eigenvalue weighted by Gasteiger charge is -2.25. The minimum Gasteiger partial charge on any atom is -0.379 e. The van der Waals surface area contributed by atoms with E-state index < -0.39 is 0 Å². The Morgan fingerprint density at radius 1 is 1.03 bits per heavy atom. The zero-order valence-electron chi connectivity index (χ0n) is 18.4. The van der Waals surface area contributed by atoms with E-state index in [1.165, 1.54) is 11.1 Å². The number of ether oxygens (including phenoxy) is 1. The molecule has 0 radical (unpaired) electrons. The minimum absolute atomic E-state index is 0.166. The fraction of sp³-hybridized carbons (Fsp3) is 0.417. The summed E-state index contributed by atoms with van der Waals surface area (Å²) in [4.78, 5) is 19.9. The molecule has 0 atom stereocenters. The van der Waals surface area contributed by atoms with Crippen molar-refractivity contribution in [1.29, 1.82) is 0 Å². The van der Waals surface area contributed by atoms with Crippen molar-refractivity contribution < 1.29 is 9.53 Å². The number of carbonyl (C=O) groups is 1. The van der Waals surface area contributed by atoms with Crippen molar-refractivity contribution in [3.05, 3.63) is 64.2 Å². The number of hydrogen-bond donors (Lipinski definition) is 2. The van der Waals surface area contributed by atoms with Crippen LogP contribution in [-0.2, 0) is 4.74 Å². The molecule has 1 heterocycles. The maximum Gasteiger partial charge on any atom is 0.257 e. The molecule has 6 nitrogen and oxygen atoms in total. The highest BCUT2D eigenvalue weighted by atomic mass is 16.5. The van der Waals surface area contributed by atoms with Crippen LogP contribution in [0.3, 0.4) is 0 Å². The maximum absolute atomic E-state index is 12.9. The highest BCUT2D eigenvalue weighted by molar-refractivity contribution is 6.10. The molecule has 1 aliphatic heterocycles. The third-order valence-electron chi connectivity index (χ3n) is 5.65. The molecule has 0 unspecified atom stereocenters. The molecule has 3 rings (SSSR count). The molecular weight excluding hydrogens is 376 g/mol. The summed E-state index contributed by atoms with van der Waals surface area (Å²) in [5.41, 5.74) is 6.16. The normalized spacial score (nSPS) is 15.1. The topological polar surface area (TPSA) is 66.0 Å². The predicted molar refractivity (Wildman–Crippen MR) is 122 cm³/mol. The fourth-order valence-corrected chi connectivity index (χ4v) is 3.31. The number of anilines is 1. The van der Waals surface area contributed by atoms with Gasteiger partial charge in [-0.05, 0) is 68.1 Å². The number of rotatable bonds is 5. The predicted octanol–water partition coefficient (Wildman–Crippen LogP) is 3.45. The van der Waals surface area contributed by atoms with E-state index in [1.807, 2.05) is 44.2 Å². The van der Waals surface area contributed by atoms with Crippen LogP contribution in [0.4, 0.5) is 5.69 Å². The van der Waals surface area contributed by atoms with Crippen LogP contribution in [0.15, 0.2) is 41.4 Å². The largest absolute Gasteiger partial charge is 0.379 e. The molecule has 1 aliphatic rings. The van der Waals surface area contributed by atoms with Gasteiger partial charge in [0.1, 0.15) is 0 Å². The molecule has 2 aromatic rings. The molecule has 30 heavy (non-hydrogen) atoms. The monoisotopic (exact) mass is 408 g/mol. The summed E-state index contributed by atoms with van der Waals surface area (Å²) in [5.74, 6) is 0.307. The van der Waals surface area contributed by atoms with Crippen LogP contribution >= 0.6 is 0 Å². The SMILES string of the molecule is Cc1ccc(C(=O)NC(=NCCN2CCOCC2)Nc2cccc(C)c2C)cc1C. The Kier molecular flexibility index (Phi) is 7.60. The number of hydrogen-bond acceptors (Lipinski definition) is 4. The molecule has 0 aliphatic carbocycles. The van der Waals surface area contributed by atoms with Gasteiger partial charge in [0.25, 0.3) is 5.91 Å². The summed E-state index contributed by atoms with van der Waals surface area (Å²) in [7, 11) is 0. The zero-order chi connectivity index (χ0) is 21.5. The van der Waals surface area contributed by atoms with Crippen molar-refractivity contribution >= 4 is 17.6 Å². The summed E-state index contributed by atoms with van der Waals surface area (Å²) in [6, 6.07) is 11.8. The van der Waals surface area contributed by atoms with Gasteiger partial charge in [0.15, 0.2) is 0 Å². The lowest BCUT2D eigenvalue weighted by atomic mass is 10.1. The second-order valence-electron chi connectivity index (χ2n) is 7.81. The van der Waals surface area contributed by atoms with E-state index >= 15 is 0 Å². The zero-order valence-corrected chi connectivity index (χ0v) is 18.4. The highest BCUT2D eigenvalue weighted by Gasteiger charge is 2.13. The lowest BCUT2D eigenvalue weighted by molar-refractivity contribution is 0.0394. The molecule has 0 bridgehead atoms. The molecule has 2 N–H and O–H groups in total. The van der Waals surface area contributed by atoms with Gasteiger partial charge in [0.05, 0.1) is 19.8 Å². The Morgan fingerprint density at radius 3 is 2.53 bits per heavy atom. The van der Waals surface area contributed by atoms with Crippen LogP contribution in [0.2, 0.25) is 0 Å². The van der Waals surface area contributed by atoms with Gasteiger partial charge in [-0.3, -0.25) is 20.0 Å². The maximum atomic E-state index is 12.9. The van der Waals surface area contributed by atoms with Crippen LogP contribution < -0.4 is 10.6 Å². The summed E-state index contributed by atoms with van der Waals surface area (Å²) in [5, 5.41) is 6.30. The van der Waals surface area contributed by atoms with Crippen LogP contribution in [0.25, 0.3) is 0 Å². The average Bonchev–Trinajstić information content (AvgIpc) is 2.74. The van der Waals surface area contributed by atoms with Gasteiger partial charge in [0.2, 0.25) is 5.96 Å². The Bertz CT molecular complexity index is 917. The van der Waals surface area contributed by atoms with Gasteiger partial charge >= 0.3 is 0 Å². The first-order valence-corrected chi connectivity index (χ1v) is 10.5. The fourth-order valence-electron chi connectivity index (χ4n) is 3.31. The van der Waals surface area contributed by atoms with E-state index in [2.05, 4.69) is 40.4 Å². The van der Waals surface area contributed by atoms with Crippen molar-refractivity contribution in [2.45, 2.75) is 27.7 Å². The van der Waals surface area contributed by atoms with Gasteiger partial charge in [-0.2, -0.15) is 0 Å². The number of amides is 1. The molecular formula is C24H32N4O2. The lowest BCUT2D eigenvalue weighted by Crippen LogP contribution is -2.39. The van der Waals surface area contributed by atoms with Gasteiger partial charge in [-0.25, -0.2) is 0 Å². The highest BCUT2D eigenvalue weighted by Crippen LogP contribution is 2.18. The Balaban J connectivity index is 1.74. The smallest absolute Gasteiger partial charge is 0.257 e. The molecule has 1 saturated heterocycles. The second kappa shape index (κ2) is 10.4. The van der Waals surface area contributed by atoms with Crippen molar-refractivity contribution in [3.8, 4) is 0 Å². The van der Waals surface area contributed by atoms with Gasteiger partial charge in [0, 0.05) is 30.9 Å². The number of benzene rings is 2. The minimum atomic E-state index is -0.166. The molecule has 1 fully saturated rings. The third kappa shape index (κ3) is 5.90. The van der Waals surface area contributed by atoms with E-state index in [0.29, 0.717) is 18.1 Å². The first-order chi connectivity index (χ1) is 14.4. The van der Waals surface area contributed by atoms with Gasteiger partial charge in [-0.1, -0.05) is 18.2 Å². The number of aliphatic imine (C=N–C) groups is 1. The van der Waals surface area contributed by atoms with Crippen molar-refractivity contribution in [3.63, 3.8) is 0 Å². The van der Waals surface area contributed by atoms with E-state index in [-0.39, 0.29) is 5.91 Å². The number of guanidine groups is 1. The number of nitrogens with one attached hydrogen (secondary N) is 2. The number of nitrogens with zero attached hydrogens (tertiary/aromatic N) is 2. The molecule has 6 heteroatoms. The van der Waals surface area contributed by atoms with Crippen LogP contribution in [0.5, 0.6) is 0 Å². The summed E-state index contributed by atoms with van der Waals surface area (Å²) < 4.78 is 5.40. The van der Waals surface area contributed by atoms with Gasteiger partial charge in [-0.15, -0.1) is 0 Å². The standard InChI is InChI=1S/C24H32N4O2/c1-17-8-9-21(16-19(17)3)23(29)27-24(25-10-11-28-12-14-30-15-13-28)26-22-7-5-6-18(2)20(22)4/h5-9,16H,10-15H2,1-4H3,(H2,25,26,27,29). The first-order valence-electron chi connectivity index (χ1n) is 10.5. The number of carbonyl (C=O) groups excluding carboxylic acids is 1. The molecule has 0 saturated carbocycles. The van der Waals surface area contributed by atoms with Crippen LogP contribution in [0, 0.1) is 27.7 Å².